The largest absolute Gasteiger partial charge is 0.383 e. The summed E-state index contributed by atoms with van der Waals surface area (Å²) in [6.45, 7) is 2.05. The number of carbonyl (C=O) groups is 1. The number of halogens is 1. The maximum atomic E-state index is 13.5. The highest BCUT2D eigenvalue weighted by Crippen LogP contribution is 2.29. The summed E-state index contributed by atoms with van der Waals surface area (Å²) in [4.78, 5) is 21.9. The minimum Gasteiger partial charge on any atom is -0.383 e. The van der Waals surface area contributed by atoms with Crippen LogP contribution in [-0.2, 0) is 19.5 Å². The molecular formula is C24H33ClN4O5S2. The maximum absolute atomic E-state index is 13.5. The van der Waals surface area contributed by atoms with Gasteiger partial charge in [0, 0.05) is 46.0 Å². The summed E-state index contributed by atoms with van der Waals surface area (Å²) in [7, 11) is 3.17. The van der Waals surface area contributed by atoms with Gasteiger partial charge in [0.25, 0.3) is 5.91 Å². The monoisotopic (exact) mass is 556 g/mol. The average Bonchev–Trinajstić information content (AvgIpc) is 3.27. The van der Waals surface area contributed by atoms with Crippen molar-refractivity contribution in [2.45, 2.75) is 4.90 Å². The van der Waals surface area contributed by atoms with Gasteiger partial charge in [-0.2, -0.15) is 4.31 Å². The van der Waals surface area contributed by atoms with Crippen LogP contribution >= 0.6 is 23.7 Å². The number of likely N-dealkylation sites (N-methyl/N-ethyl adjacent to an activating group) is 1. The molecule has 1 aromatic heterocycles. The number of carbonyl (C=O) groups excluding carboxylic acids is 1. The van der Waals surface area contributed by atoms with E-state index in [0.717, 1.165) is 10.2 Å². The van der Waals surface area contributed by atoms with Crippen LogP contribution in [-0.4, -0.2) is 96.2 Å². The molecule has 0 radical (unpaired) electrons. The minimum atomic E-state index is -3.77. The van der Waals surface area contributed by atoms with Gasteiger partial charge in [-0.25, -0.2) is 13.4 Å². The molecule has 0 unspecified atom stereocenters. The first-order valence-electron chi connectivity index (χ1n) is 11.2. The second-order valence-electron chi connectivity index (χ2n) is 8.14. The van der Waals surface area contributed by atoms with Crippen molar-refractivity contribution in [3.63, 3.8) is 0 Å². The summed E-state index contributed by atoms with van der Waals surface area (Å²) < 4.78 is 38.8. The van der Waals surface area contributed by atoms with Crippen molar-refractivity contribution in [1.29, 1.82) is 0 Å². The van der Waals surface area contributed by atoms with Crippen molar-refractivity contribution in [2.24, 2.45) is 0 Å². The highest BCUT2D eigenvalue weighted by molar-refractivity contribution is 7.89. The van der Waals surface area contributed by atoms with Crippen LogP contribution in [0.5, 0.6) is 0 Å². The molecule has 2 aromatic carbocycles. The topological polar surface area (TPSA) is 92.3 Å². The number of fused-ring (bicyclic) bond motifs is 1. The summed E-state index contributed by atoms with van der Waals surface area (Å²) >= 11 is 1.46. The number of benzene rings is 2. The van der Waals surface area contributed by atoms with Gasteiger partial charge in [0.15, 0.2) is 5.13 Å². The third-order valence-corrected chi connectivity index (χ3v) is 8.33. The van der Waals surface area contributed by atoms with Gasteiger partial charge < -0.3 is 14.4 Å². The number of para-hydroxylation sites is 1. The van der Waals surface area contributed by atoms with Crippen molar-refractivity contribution in [3.8, 4) is 0 Å². The Morgan fingerprint density at radius 1 is 0.917 bits per heavy atom. The van der Waals surface area contributed by atoms with Gasteiger partial charge in [-0.15, -0.1) is 12.4 Å². The van der Waals surface area contributed by atoms with Crippen LogP contribution < -0.4 is 4.90 Å². The van der Waals surface area contributed by atoms with Gasteiger partial charge in [-0.05, 0) is 50.5 Å². The number of thiazole rings is 1. The lowest BCUT2D eigenvalue weighted by Crippen LogP contribution is -2.37. The van der Waals surface area contributed by atoms with E-state index in [1.165, 1.54) is 42.0 Å². The van der Waals surface area contributed by atoms with Gasteiger partial charge in [0.2, 0.25) is 10.0 Å². The van der Waals surface area contributed by atoms with Gasteiger partial charge in [-0.1, -0.05) is 23.5 Å². The normalized spacial score (nSPS) is 11.7. The molecule has 12 heteroatoms. The predicted molar refractivity (Wildman–Crippen MR) is 146 cm³/mol. The van der Waals surface area contributed by atoms with Crippen molar-refractivity contribution in [1.82, 2.24) is 14.2 Å². The number of hydrogen-bond acceptors (Lipinski definition) is 8. The summed E-state index contributed by atoms with van der Waals surface area (Å²) in [6, 6.07) is 13.8. The van der Waals surface area contributed by atoms with Crippen LogP contribution in [0.25, 0.3) is 10.2 Å². The van der Waals surface area contributed by atoms with Crippen LogP contribution in [0.2, 0.25) is 0 Å². The van der Waals surface area contributed by atoms with E-state index in [-0.39, 0.29) is 49.5 Å². The second-order valence-corrected chi connectivity index (χ2v) is 11.1. The zero-order valence-corrected chi connectivity index (χ0v) is 23.4. The fraction of sp³-hybridized carbons (Fsp3) is 0.417. The van der Waals surface area contributed by atoms with E-state index < -0.39 is 10.0 Å². The first kappa shape index (κ1) is 30.1. The van der Waals surface area contributed by atoms with Crippen molar-refractivity contribution >= 4 is 55.0 Å². The Bertz CT molecular complexity index is 1180. The fourth-order valence-electron chi connectivity index (χ4n) is 3.37. The van der Waals surface area contributed by atoms with E-state index in [2.05, 4.69) is 4.98 Å². The number of anilines is 1. The van der Waals surface area contributed by atoms with Crippen molar-refractivity contribution in [2.75, 3.05) is 72.6 Å². The lowest BCUT2D eigenvalue weighted by molar-refractivity contribution is 0.0985. The molecule has 0 N–H and O–H groups in total. The van der Waals surface area contributed by atoms with Crippen LogP contribution in [0.1, 0.15) is 10.4 Å². The Labute approximate surface area is 223 Å². The summed E-state index contributed by atoms with van der Waals surface area (Å²) in [6.07, 6.45) is 0. The van der Waals surface area contributed by atoms with E-state index in [9.17, 15) is 13.2 Å². The van der Waals surface area contributed by atoms with Crippen molar-refractivity contribution in [3.05, 3.63) is 54.1 Å². The first-order chi connectivity index (χ1) is 16.8. The summed E-state index contributed by atoms with van der Waals surface area (Å²) in [5, 5.41) is 0.611. The molecule has 0 atom stereocenters. The van der Waals surface area contributed by atoms with Gasteiger partial charge in [0.1, 0.15) is 0 Å². The second kappa shape index (κ2) is 14.0. The molecule has 0 aliphatic heterocycles. The third-order valence-electron chi connectivity index (χ3n) is 5.36. The molecule has 0 aliphatic rings. The first-order valence-corrected chi connectivity index (χ1v) is 13.4. The molecule has 0 spiro atoms. The molecule has 3 rings (SSSR count). The number of nitrogens with zero attached hydrogens (tertiary/aromatic N) is 4. The highest BCUT2D eigenvalue weighted by Gasteiger charge is 2.26. The van der Waals surface area contributed by atoms with Crippen LogP contribution in [0.15, 0.2) is 53.4 Å². The van der Waals surface area contributed by atoms with Crippen LogP contribution in [0.3, 0.4) is 0 Å². The standard InChI is InChI=1S/C24H32N4O5S2.ClH/c1-26(2)13-14-28(24-25-21-7-5-6-8-22(21)34-24)23(29)19-9-11-20(12-10-19)35(30,31)27(15-17-32-3)16-18-33-4;/h5-12H,13-18H2,1-4H3;1H. The Morgan fingerprint density at radius 2 is 1.53 bits per heavy atom. The number of rotatable bonds is 13. The van der Waals surface area contributed by atoms with Gasteiger partial charge in [-0.3, -0.25) is 9.69 Å². The molecule has 0 fully saturated rings. The number of methoxy groups -OCH3 is 2. The quantitative estimate of drug-likeness (QED) is 0.319. The molecule has 1 amide bonds. The number of hydrogen-bond donors (Lipinski definition) is 0. The lowest BCUT2D eigenvalue weighted by Gasteiger charge is -2.23. The number of ether oxygens (including phenoxy) is 2. The van der Waals surface area contributed by atoms with E-state index >= 15 is 0 Å². The smallest absolute Gasteiger partial charge is 0.260 e. The molecule has 1 heterocycles. The lowest BCUT2D eigenvalue weighted by atomic mass is 10.2. The molecule has 198 valence electrons. The van der Waals surface area contributed by atoms with Gasteiger partial charge in [0.05, 0.1) is 28.3 Å². The van der Waals surface area contributed by atoms with Crippen molar-refractivity contribution < 1.29 is 22.7 Å². The summed E-state index contributed by atoms with van der Waals surface area (Å²) in [5.74, 6) is -0.231. The van der Waals surface area contributed by atoms with E-state index in [0.29, 0.717) is 23.8 Å². The number of amides is 1. The van der Waals surface area contributed by atoms with Crippen LogP contribution in [0, 0.1) is 0 Å². The fourth-order valence-corrected chi connectivity index (χ4v) is 5.77. The summed E-state index contributed by atoms with van der Waals surface area (Å²) in [5.41, 5.74) is 1.23. The molecule has 0 saturated heterocycles. The highest BCUT2D eigenvalue weighted by atomic mass is 35.5. The molecule has 9 nitrogen and oxygen atoms in total. The zero-order valence-electron chi connectivity index (χ0n) is 20.9. The third kappa shape index (κ3) is 7.45. The van der Waals surface area contributed by atoms with Gasteiger partial charge >= 0.3 is 0 Å². The van der Waals surface area contributed by atoms with Crippen LogP contribution in [0.4, 0.5) is 5.13 Å². The minimum absolute atomic E-state index is 0. The van der Waals surface area contributed by atoms with E-state index in [1.807, 2.05) is 43.3 Å². The Morgan fingerprint density at radius 3 is 2.08 bits per heavy atom. The van der Waals surface area contributed by atoms with E-state index in [4.69, 9.17) is 9.47 Å². The SMILES string of the molecule is COCCN(CCOC)S(=O)(=O)c1ccc(C(=O)N(CCN(C)C)c2nc3ccccc3s2)cc1.Cl. The molecule has 3 aromatic rings. The molecule has 0 saturated carbocycles. The Hall–Kier alpha value is -2.12. The molecule has 0 aliphatic carbocycles. The molecular weight excluding hydrogens is 524 g/mol. The number of aromatic nitrogens is 1. The molecule has 36 heavy (non-hydrogen) atoms. The predicted octanol–water partition coefficient (Wildman–Crippen LogP) is 3.21. The van der Waals surface area contributed by atoms with E-state index in [1.54, 1.807) is 17.0 Å². The Balaban J connectivity index is 0.00000456. The molecule has 0 bridgehead atoms. The average molecular weight is 557 g/mol. The maximum Gasteiger partial charge on any atom is 0.260 e. The number of sulfonamides is 1. The zero-order chi connectivity index (χ0) is 25.4. The Kier molecular flexibility index (Phi) is 11.7.